The van der Waals surface area contributed by atoms with Gasteiger partial charge in [-0.15, -0.1) is 0 Å². The minimum Gasteiger partial charge on any atom is -0.496 e. The normalized spacial score (nSPS) is 18.1. The van der Waals surface area contributed by atoms with E-state index in [2.05, 4.69) is 39.3 Å². The van der Waals surface area contributed by atoms with E-state index in [1.807, 2.05) is 20.0 Å². The molecule has 1 unspecified atom stereocenters. The highest BCUT2D eigenvalue weighted by atomic mass is 32.2. The lowest BCUT2D eigenvalue weighted by atomic mass is 10.1. The van der Waals surface area contributed by atoms with Crippen LogP contribution in [0.1, 0.15) is 36.6 Å². The molecule has 1 fully saturated rings. The van der Waals surface area contributed by atoms with Gasteiger partial charge in [0, 0.05) is 35.7 Å². The van der Waals surface area contributed by atoms with Crippen LogP contribution in [0.25, 0.3) is 0 Å². The summed E-state index contributed by atoms with van der Waals surface area (Å²) >= 11 is 2.05. The molecule has 23 heavy (non-hydrogen) atoms. The van der Waals surface area contributed by atoms with Crippen molar-refractivity contribution in [1.82, 2.24) is 15.6 Å². The number of thioether (sulfide) groups is 1. The number of guanidine groups is 1. The van der Waals surface area contributed by atoms with E-state index in [1.165, 1.54) is 18.6 Å². The van der Waals surface area contributed by atoms with Crippen LogP contribution in [0.4, 0.5) is 0 Å². The van der Waals surface area contributed by atoms with Crippen LogP contribution in [0.15, 0.2) is 11.2 Å². The summed E-state index contributed by atoms with van der Waals surface area (Å²) in [4.78, 5) is 9.19. The van der Waals surface area contributed by atoms with Crippen molar-refractivity contribution < 1.29 is 4.74 Å². The second kappa shape index (κ2) is 9.01. The van der Waals surface area contributed by atoms with Crippen LogP contribution in [0.3, 0.4) is 0 Å². The van der Waals surface area contributed by atoms with Gasteiger partial charge in [0.15, 0.2) is 5.96 Å². The third-order valence-corrected chi connectivity index (χ3v) is 5.40. The number of aryl methyl sites for hydroxylation is 1. The Morgan fingerprint density at radius 1 is 1.43 bits per heavy atom. The molecule has 1 atom stereocenters. The lowest BCUT2D eigenvalue weighted by Crippen LogP contribution is -2.40. The first kappa shape index (κ1) is 17.9. The summed E-state index contributed by atoms with van der Waals surface area (Å²) in [5.74, 6) is 3.05. The molecule has 2 rings (SSSR count). The van der Waals surface area contributed by atoms with Gasteiger partial charge in [0.05, 0.1) is 19.3 Å². The first-order valence-corrected chi connectivity index (χ1v) is 9.33. The Labute approximate surface area is 143 Å². The number of pyridine rings is 1. The molecule has 0 spiro atoms. The Morgan fingerprint density at radius 3 is 2.91 bits per heavy atom. The number of hydrogen-bond donors (Lipinski definition) is 2. The number of methoxy groups -OCH3 is 1. The van der Waals surface area contributed by atoms with E-state index >= 15 is 0 Å². The molecule has 128 valence electrons. The second-order valence-electron chi connectivity index (χ2n) is 5.76. The summed E-state index contributed by atoms with van der Waals surface area (Å²) in [6.45, 7) is 8.51. The molecule has 0 aromatic carbocycles. The van der Waals surface area contributed by atoms with Crippen LogP contribution < -0.4 is 15.4 Å². The zero-order valence-electron chi connectivity index (χ0n) is 14.6. The van der Waals surface area contributed by atoms with Gasteiger partial charge in [-0.1, -0.05) is 0 Å². The molecule has 1 aromatic heterocycles. The molecular weight excluding hydrogens is 308 g/mol. The molecule has 0 aliphatic carbocycles. The highest BCUT2D eigenvalue weighted by Gasteiger charge is 2.15. The molecule has 0 saturated carbocycles. The Kier molecular flexibility index (Phi) is 7.02. The SMILES string of the molecule is CCNC(=NCc1ncc(C)c(OC)c1C)NCC1CCCS1. The molecule has 1 aliphatic rings. The lowest BCUT2D eigenvalue weighted by molar-refractivity contribution is 0.407. The molecule has 0 amide bonds. The molecule has 1 aromatic rings. The Bertz CT molecular complexity index is 542. The first-order chi connectivity index (χ1) is 11.2. The molecular formula is C17H28N4OS. The Balaban J connectivity index is 2.01. The molecule has 5 nitrogen and oxygen atoms in total. The van der Waals surface area contributed by atoms with Crippen molar-refractivity contribution in [3.8, 4) is 5.75 Å². The highest BCUT2D eigenvalue weighted by Crippen LogP contribution is 2.25. The van der Waals surface area contributed by atoms with Gasteiger partial charge in [0.2, 0.25) is 0 Å². The van der Waals surface area contributed by atoms with Gasteiger partial charge in [-0.2, -0.15) is 11.8 Å². The number of hydrogen-bond acceptors (Lipinski definition) is 4. The van der Waals surface area contributed by atoms with Crippen LogP contribution in [-0.2, 0) is 6.54 Å². The number of aliphatic imine (C=N–C) groups is 1. The van der Waals surface area contributed by atoms with Crippen molar-refractivity contribution in [3.63, 3.8) is 0 Å². The summed E-state index contributed by atoms with van der Waals surface area (Å²) in [6, 6.07) is 0. The summed E-state index contributed by atoms with van der Waals surface area (Å²) in [7, 11) is 1.70. The van der Waals surface area contributed by atoms with E-state index in [4.69, 9.17) is 4.74 Å². The summed E-state index contributed by atoms with van der Waals surface area (Å²) in [5.41, 5.74) is 3.08. The van der Waals surface area contributed by atoms with Gasteiger partial charge in [-0.05, 0) is 39.4 Å². The number of nitrogens with zero attached hydrogens (tertiary/aromatic N) is 2. The largest absolute Gasteiger partial charge is 0.496 e. The van der Waals surface area contributed by atoms with Gasteiger partial charge in [0.1, 0.15) is 5.75 Å². The van der Waals surface area contributed by atoms with E-state index < -0.39 is 0 Å². The molecule has 2 N–H and O–H groups in total. The quantitative estimate of drug-likeness (QED) is 0.618. The fraction of sp³-hybridized carbons (Fsp3) is 0.647. The van der Waals surface area contributed by atoms with E-state index in [9.17, 15) is 0 Å². The summed E-state index contributed by atoms with van der Waals surface area (Å²) in [6.07, 6.45) is 4.48. The maximum atomic E-state index is 5.46. The molecule has 0 radical (unpaired) electrons. The topological polar surface area (TPSA) is 58.5 Å². The van der Waals surface area contributed by atoms with Crippen molar-refractivity contribution in [3.05, 3.63) is 23.0 Å². The maximum Gasteiger partial charge on any atom is 0.191 e. The molecule has 0 bridgehead atoms. The Morgan fingerprint density at radius 2 is 2.26 bits per heavy atom. The van der Waals surface area contributed by atoms with Gasteiger partial charge >= 0.3 is 0 Å². The fourth-order valence-electron chi connectivity index (χ4n) is 2.74. The average molecular weight is 337 g/mol. The third kappa shape index (κ3) is 5.03. The van der Waals surface area contributed by atoms with Gasteiger partial charge in [-0.3, -0.25) is 4.98 Å². The average Bonchev–Trinajstić information content (AvgIpc) is 3.05. The maximum absolute atomic E-state index is 5.46. The van der Waals surface area contributed by atoms with Crippen molar-refractivity contribution in [1.29, 1.82) is 0 Å². The smallest absolute Gasteiger partial charge is 0.191 e. The van der Waals surface area contributed by atoms with E-state index in [0.717, 1.165) is 41.6 Å². The third-order valence-electron chi connectivity index (χ3n) is 4.00. The van der Waals surface area contributed by atoms with Gasteiger partial charge in [0.25, 0.3) is 0 Å². The van der Waals surface area contributed by atoms with Crippen molar-refractivity contribution in [2.75, 3.05) is 26.0 Å². The highest BCUT2D eigenvalue weighted by molar-refractivity contribution is 8.00. The van der Waals surface area contributed by atoms with E-state index in [-0.39, 0.29) is 0 Å². The minimum atomic E-state index is 0.551. The summed E-state index contributed by atoms with van der Waals surface area (Å²) < 4.78 is 5.46. The van der Waals surface area contributed by atoms with E-state index in [1.54, 1.807) is 7.11 Å². The number of nitrogens with one attached hydrogen (secondary N) is 2. The van der Waals surface area contributed by atoms with Crippen LogP contribution in [0.2, 0.25) is 0 Å². The van der Waals surface area contributed by atoms with Crippen molar-refractivity contribution >= 4 is 17.7 Å². The zero-order valence-corrected chi connectivity index (χ0v) is 15.4. The van der Waals surface area contributed by atoms with E-state index in [0.29, 0.717) is 11.8 Å². The number of rotatable bonds is 6. The van der Waals surface area contributed by atoms with Gasteiger partial charge < -0.3 is 15.4 Å². The zero-order chi connectivity index (χ0) is 16.7. The predicted octanol–water partition coefficient (Wildman–Crippen LogP) is 2.66. The molecule has 1 saturated heterocycles. The van der Waals surface area contributed by atoms with Crippen LogP contribution in [-0.4, -0.2) is 42.1 Å². The van der Waals surface area contributed by atoms with Gasteiger partial charge in [-0.25, -0.2) is 4.99 Å². The Hall–Kier alpha value is -1.43. The molecule has 6 heteroatoms. The van der Waals surface area contributed by atoms with Crippen LogP contribution >= 0.6 is 11.8 Å². The van der Waals surface area contributed by atoms with Crippen molar-refractivity contribution in [2.24, 2.45) is 4.99 Å². The number of aromatic nitrogens is 1. The monoisotopic (exact) mass is 336 g/mol. The minimum absolute atomic E-state index is 0.551. The van der Waals surface area contributed by atoms with Crippen LogP contribution in [0.5, 0.6) is 5.75 Å². The molecule has 1 aliphatic heterocycles. The predicted molar refractivity (Wildman–Crippen MR) is 98.6 cm³/mol. The standard InChI is InChI=1S/C17H28N4OS/c1-5-18-17(20-10-14-7-6-8-23-14)21-11-15-13(3)16(22-4)12(2)9-19-15/h9,14H,5-8,10-11H2,1-4H3,(H2,18,20,21). The summed E-state index contributed by atoms with van der Waals surface area (Å²) in [5, 5.41) is 7.46. The first-order valence-electron chi connectivity index (χ1n) is 8.28. The fourth-order valence-corrected chi connectivity index (χ4v) is 3.94. The van der Waals surface area contributed by atoms with Crippen molar-refractivity contribution in [2.45, 2.75) is 45.4 Å². The van der Waals surface area contributed by atoms with Crippen LogP contribution in [0, 0.1) is 13.8 Å². The second-order valence-corrected chi connectivity index (χ2v) is 7.17. The number of ether oxygens (including phenoxy) is 1. The lowest BCUT2D eigenvalue weighted by Gasteiger charge is -2.15. The molecule has 2 heterocycles.